The molecule has 0 aromatic heterocycles. The molecule has 13 heavy (non-hydrogen) atoms. The average molecular weight is 270 g/mol. The maximum atomic E-state index is 11.3. The van der Waals surface area contributed by atoms with Crippen molar-refractivity contribution in [2.75, 3.05) is 4.66 Å². The largest absolute Gasteiger partial charge is 0.221 e. The van der Waals surface area contributed by atoms with E-state index >= 15 is 0 Å². The molecule has 0 bridgehead atoms. The fourth-order valence-corrected chi connectivity index (χ4v) is 3.12. The van der Waals surface area contributed by atoms with Gasteiger partial charge in [-0.05, 0) is 18.3 Å². The minimum Gasteiger partial charge on any atom is -0.212 e. The van der Waals surface area contributed by atoms with Gasteiger partial charge in [-0.3, -0.25) is 0 Å². The van der Waals surface area contributed by atoms with Crippen molar-refractivity contribution in [3.63, 3.8) is 0 Å². The SMILES string of the molecule is CC1(C)CCCC1NS(=O)(=O)CBr. The number of halogens is 1. The van der Waals surface area contributed by atoms with Crippen molar-refractivity contribution in [3.8, 4) is 0 Å². The van der Waals surface area contributed by atoms with E-state index in [1.165, 1.54) is 0 Å². The Labute approximate surface area is 88.5 Å². The quantitative estimate of drug-likeness (QED) is 0.795. The molecule has 1 aliphatic rings. The standard InChI is InChI=1S/C8H16BrNO2S/c1-8(2)5-3-4-7(8)10-13(11,12)6-9/h7,10H,3-6H2,1-2H3. The maximum Gasteiger partial charge on any atom is 0.221 e. The average Bonchev–Trinajstić information content (AvgIpc) is 2.31. The first-order chi connectivity index (χ1) is 5.87. The van der Waals surface area contributed by atoms with E-state index in [2.05, 4.69) is 34.5 Å². The molecule has 0 aliphatic heterocycles. The van der Waals surface area contributed by atoms with Gasteiger partial charge in [0.1, 0.15) is 4.66 Å². The van der Waals surface area contributed by atoms with Crippen LogP contribution in [-0.4, -0.2) is 19.1 Å². The minimum absolute atomic E-state index is 0.00736. The second-order valence-electron chi connectivity index (χ2n) is 4.28. The molecule has 1 fully saturated rings. The third-order valence-corrected chi connectivity index (χ3v) is 5.46. The van der Waals surface area contributed by atoms with Gasteiger partial charge in [-0.1, -0.05) is 36.2 Å². The molecule has 0 aromatic carbocycles. The smallest absolute Gasteiger partial charge is 0.212 e. The van der Waals surface area contributed by atoms with Crippen LogP contribution in [0.15, 0.2) is 0 Å². The van der Waals surface area contributed by atoms with Crippen molar-refractivity contribution in [1.82, 2.24) is 4.72 Å². The van der Waals surface area contributed by atoms with Gasteiger partial charge in [-0.15, -0.1) is 0 Å². The lowest BCUT2D eigenvalue weighted by atomic mass is 9.88. The Kier molecular flexibility index (Phi) is 3.41. The van der Waals surface area contributed by atoms with Crippen molar-refractivity contribution >= 4 is 26.0 Å². The molecule has 1 N–H and O–H groups in total. The van der Waals surface area contributed by atoms with Gasteiger partial charge < -0.3 is 0 Å². The molecule has 1 rings (SSSR count). The molecular weight excluding hydrogens is 254 g/mol. The van der Waals surface area contributed by atoms with Crippen LogP contribution in [-0.2, 0) is 10.0 Å². The third-order valence-electron chi connectivity index (χ3n) is 2.72. The second kappa shape index (κ2) is 3.87. The summed E-state index contributed by atoms with van der Waals surface area (Å²) >= 11 is 2.97. The predicted molar refractivity (Wildman–Crippen MR) is 57.3 cm³/mol. The Morgan fingerprint density at radius 1 is 1.54 bits per heavy atom. The minimum atomic E-state index is -3.11. The Morgan fingerprint density at radius 3 is 2.54 bits per heavy atom. The lowest BCUT2D eigenvalue weighted by Crippen LogP contribution is -2.41. The summed E-state index contributed by atoms with van der Waals surface area (Å²) in [6.45, 7) is 4.23. The summed E-state index contributed by atoms with van der Waals surface area (Å²) in [5, 5.41) is 0. The molecule has 78 valence electrons. The molecule has 3 nitrogen and oxygen atoms in total. The molecule has 5 heteroatoms. The predicted octanol–water partition coefficient (Wildman–Crippen LogP) is 1.84. The zero-order chi connectivity index (χ0) is 10.1. The fourth-order valence-electron chi connectivity index (χ4n) is 1.79. The molecular formula is C8H16BrNO2S. The topological polar surface area (TPSA) is 46.2 Å². The van der Waals surface area contributed by atoms with Crippen LogP contribution in [0.4, 0.5) is 0 Å². The van der Waals surface area contributed by atoms with Gasteiger partial charge >= 0.3 is 0 Å². The van der Waals surface area contributed by atoms with Crippen molar-refractivity contribution in [3.05, 3.63) is 0 Å². The van der Waals surface area contributed by atoms with Crippen LogP contribution in [0.25, 0.3) is 0 Å². The monoisotopic (exact) mass is 269 g/mol. The number of alkyl halides is 1. The Hall–Kier alpha value is 0.390. The Balaban J connectivity index is 2.65. The molecule has 0 amide bonds. The van der Waals surface area contributed by atoms with Crippen LogP contribution in [0.1, 0.15) is 33.1 Å². The molecule has 0 aromatic rings. The molecule has 1 atom stereocenters. The van der Waals surface area contributed by atoms with Crippen LogP contribution < -0.4 is 4.72 Å². The van der Waals surface area contributed by atoms with Gasteiger partial charge in [0.15, 0.2) is 0 Å². The summed E-state index contributed by atoms with van der Waals surface area (Å²) in [5.74, 6) is 0. The van der Waals surface area contributed by atoms with Crippen molar-refractivity contribution in [2.45, 2.75) is 39.2 Å². The summed E-state index contributed by atoms with van der Waals surface area (Å²) in [4.78, 5) is 0. The Bertz CT molecular complexity index is 274. The van der Waals surface area contributed by atoms with Crippen molar-refractivity contribution < 1.29 is 8.42 Å². The lowest BCUT2D eigenvalue weighted by molar-refractivity contribution is 0.313. The number of hydrogen-bond acceptors (Lipinski definition) is 2. The van der Waals surface area contributed by atoms with Gasteiger partial charge in [0.05, 0.1) is 0 Å². The van der Waals surface area contributed by atoms with Gasteiger partial charge in [-0.25, -0.2) is 13.1 Å². The van der Waals surface area contributed by atoms with E-state index in [-0.39, 0.29) is 16.1 Å². The summed E-state index contributed by atoms with van der Waals surface area (Å²) in [6.07, 6.45) is 3.17. The summed E-state index contributed by atoms with van der Waals surface area (Å²) in [7, 11) is -3.11. The first kappa shape index (κ1) is 11.5. The molecule has 0 radical (unpaired) electrons. The molecule has 1 saturated carbocycles. The molecule has 0 heterocycles. The Morgan fingerprint density at radius 2 is 2.15 bits per heavy atom. The van der Waals surface area contributed by atoms with E-state index in [0.717, 1.165) is 19.3 Å². The highest BCUT2D eigenvalue weighted by Crippen LogP contribution is 2.37. The van der Waals surface area contributed by atoms with E-state index in [1.54, 1.807) is 0 Å². The molecule has 1 aliphatic carbocycles. The third kappa shape index (κ3) is 2.92. The summed E-state index contributed by atoms with van der Waals surface area (Å²) in [6, 6.07) is 0.107. The van der Waals surface area contributed by atoms with E-state index in [9.17, 15) is 8.42 Å². The highest BCUT2D eigenvalue weighted by molar-refractivity contribution is 9.10. The first-order valence-electron chi connectivity index (χ1n) is 4.43. The molecule has 0 saturated heterocycles. The van der Waals surface area contributed by atoms with E-state index in [4.69, 9.17) is 0 Å². The van der Waals surface area contributed by atoms with Crippen molar-refractivity contribution in [2.24, 2.45) is 5.41 Å². The van der Waals surface area contributed by atoms with Gasteiger partial charge in [-0.2, -0.15) is 0 Å². The number of sulfonamides is 1. The highest BCUT2D eigenvalue weighted by Gasteiger charge is 2.36. The zero-order valence-corrected chi connectivity index (χ0v) is 10.4. The van der Waals surface area contributed by atoms with E-state index < -0.39 is 10.0 Å². The van der Waals surface area contributed by atoms with Crippen LogP contribution in [0, 0.1) is 5.41 Å². The normalized spacial score (nSPS) is 27.8. The summed E-state index contributed by atoms with van der Waals surface area (Å²) in [5.41, 5.74) is 0.106. The van der Waals surface area contributed by atoms with Crippen molar-refractivity contribution in [1.29, 1.82) is 0 Å². The van der Waals surface area contributed by atoms with Crippen LogP contribution in [0.3, 0.4) is 0 Å². The maximum absolute atomic E-state index is 11.3. The highest BCUT2D eigenvalue weighted by atomic mass is 79.9. The fraction of sp³-hybridized carbons (Fsp3) is 1.00. The van der Waals surface area contributed by atoms with Gasteiger partial charge in [0.25, 0.3) is 0 Å². The van der Waals surface area contributed by atoms with E-state index in [1.807, 2.05) is 0 Å². The number of rotatable bonds is 3. The number of hydrogen-bond donors (Lipinski definition) is 1. The van der Waals surface area contributed by atoms with Gasteiger partial charge in [0, 0.05) is 6.04 Å². The first-order valence-corrected chi connectivity index (χ1v) is 7.21. The van der Waals surface area contributed by atoms with Crippen LogP contribution in [0.5, 0.6) is 0 Å². The number of nitrogens with one attached hydrogen (secondary N) is 1. The van der Waals surface area contributed by atoms with E-state index in [0.29, 0.717) is 0 Å². The van der Waals surface area contributed by atoms with Crippen LogP contribution >= 0.6 is 15.9 Å². The van der Waals surface area contributed by atoms with Crippen LogP contribution in [0.2, 0.25) is 0 Å². The molecule has 0 spiro atoms. The second-order valence-corrected chi connectivity index (χ2v) is 7.33. The molecule has 1 unspecified atom stereocenters. The van der Waals surface area contributed by atoms with Gasteiger partial charge in [0.2, 0.25) is 10.0 Å². The zero-order valence-electron chi connectivity index (χ0n) is 8.01. The summed E-state index contributed by atoms with van der Waals surface area (Å²) < 4.78 is 25.3. The lowest BCUT2D eigenvalue weighted by Gasteiger charge is -2.27.